The highest BCUT2D eigenvalue weighted by atomic mass is 16.5. The van der Waals surface area contributed by atoms with Crippen molar-refractivity contribution in [1.82, 2.24) is 5.32 Å². The fourth-order valence-corrected chi connectivity index (χ4v) is 5.01. The molecule has 0 unspecified atom stereocenters. The molecule has 2 aliphatic rings. The molecule has 0 fully saturated rings. The largest absolute Gasteiger partial charge is 0.493 e. The van der Waals surface area contributed by atoms with E-state index in [9.17, 15) is 9.59 Å². The van der Waals surface area contributed by atoms with Crippen molar-refractivity contribution < 1.29 is 23.8 Å². The molecule has 1 aliphatic heterocycles. The number of dihydropyridines is 1. The Bertz CT molecular complexity index is 1160. The number of benzene rings is 2. The Morgan fingerprint density at radius 1 is 1.03 bits per heavy atom. The Kier molecular flexibility index (Phi) is 7.59. The minimum absolute atomic E-state index is 0.0405. The van der Waals surface area contributed by atoms with Gasteiger partial charge in [-0.05, 0) is 55.9 Å². The second-order valence-corrected chi connectivity index (χ2v) is 8.91. The number of hydrogen-bond donors (Lipinski definition) is 1. The van der Waals surface area contributed by atoms with Crippen LogP contribution >= 0.6 is 0 Å². The number of Topliss-reactive ketones (excluding diaryl/α,β-unsaturated/α-hetero) is 1. The summed E-state index contributed by atoms with van der Waals surface area (Å²) in [4.78, 5) is 26.9. The van der Waals surface area contributed by atoms with Gasteiger partial charge in [-0.3, -0.25) is 4.79 Å². The molecule has 35 heavy (non-hydrogen) atoms. The third kappa shape index (κ3) is 4.97. The predicted molar refractivity (Wildman–Crippen MR) is 134 cm³/mol. The summed E-state index contributed by atoms with van der Waals surface area (Å²) in [5, 5.41) is 3.40. The molecule has 6 nitrogen and oxygen atoms in total. The zero-order valence-corrected chi connectivity index (χ0v) is 20.9. The van der Waals surface area contributed by atoms with Gasteiger partial charge in [-0.25, -0.2) is 4.79 Å². The van der Waals surface area contributed by atoms with E-state index in [1.165, 1.54) is 0 Å². The van der Waals surface area contributed by atoms with Crippen LogP contribution in [0.4, 0.5) is 0 Å². The van der Waals surface area contributed by atoms with Crippen LogP contribution in [-0.4, -0.2) is 32.1 Å². The topological polar surface area (TPSA) is 73.9 Å². The molecule has 1 N–H and O–H groups in total. The fraction of sp³-hybridized carbons (Fsp3) is 0.379. The van der Waals surface area contributed by atoms with Crippen LogP contribution < -0.4 is 14.8 Å². The van der Waals surface area contributed by atoms with E-state index in [4.69, 9.17) is 14.2 Å². The number of allylic oxidation sites excluding steroid dienone is 3. The summed E-state index contributed by atoms with van der Waals surface area (Å²) in [5.74, 6) is 0.375. The summed E-state index contributed by atoms with van der Waals surface area (Å²) in [5.41, 5.74) is 4.63. The monoisotopic (exact) mass is 475 g/mol. The summed E-state index contributed by atoms with van der Waals surface area (Å²) in [6, 6.07) is 15.7. The number of methoxy groups -OCH3 is 1. The quantitative estimate of drug-likeness (QED) is 0.515. The Balaban J connectivity index is 1.81. The van der Waals surface area contributed by atoms with Gasteiger partial charge in [-0.1, -0.05) is 43.3 Å². The van der Waals surface area contributed by atoms with Crippen molar-refractivity contribution in [3.63, 3.8) is 0 Å². The highest BCUT2D eigenvalue weighted by Gasteiger charge is 2.41. The van der Waals surface area contributed by atoms with Crippen molar-refractivity contribution in [3.05, 3.63) is 82.2 Å². The summed E-state index contributed by atoms with van der Waals surface area (Å²) < 4.78 is 16.8. The molecule has 184 valence electrons. The van der Waals surface area contributed by atoms with Gasteiger partial charge in [0.15, 0.2) is 17.3 Å². The molecule has 0 saturated heterocycles. The highest BCUT2D eigenvalue weighted by Crippen LogP contribution is 2.47. The van der Waals surface area contributed by atoms with E-state index < -0.39 is 11.9 Å². The standard InChI is InChI=1S/C29H33NO5/c1-5-14-35-29(32)26-18(3)30-22-15-21(19-10-8-7-9-11-19)16-23(31)28(22)27(26)20-12-13-24(34-6-2)25(17-20)33-4/h7-13,17,21,27,30H,5-6,14-16H2,1-4H3/t21-,27+/m1/s1. The van der Waals surface area contributed by atoms with Crippen LogP contribution in [-0.2, 0) is 14.3 Å². The molecule has 4 rings (SSSR count). The Morgan fingerprint density at radius 3 is 2.49 bits per heavy atom. The molecular formula is C29H33NO5. The van der Waals surface area contributed by atoms with Crippen LogP contribution in [0, 0.1) is 0 Å². The van der Waals surface area contributed by atoms with Crippen LogP contribution in [0.25, 0.3) is 0 Å². The molecule has 6 heteroatoms. The third-order valence-electron chi connectivity index (χ3n) is 6.58. The first-order valence-electron chi connectivity index (χ1n) is 12.2. The van der Waals surface area contributed by atoms with Gasteiger partial charge in [-0.15, -0.1) is 0 Å². The lowest BCUT2D eigenvalue weighted by Crippen LogP contribution is -2.36. The zero-order valence-electron chi connectivity index (χ0n) is 20.9. The average Bonchev–Trinajstić information content (AvgIpc) is 2.87. The lowest BCUT2D eigenvalue weighted by Gasteiger charge is -2.36. The van der Waals surface area contributed by atoms with Gasteiger partial charge in [0, 0.05) is 29.3 Å². The van der Waals surface area contributed by atoms with E-state index in [2.05, 4.69) is 17.4 Å². The number of ketones is 1. The first kappa shape index (κ1) is 24.6. The van der Waals surface area contributed by atoms with Gasteiger partial charge in [0.2, 0.25) is 0 Å². The molecule has 2 aromatic rings. The van der Waals surface area contributed by atoms with E-state index >= 15 is 0 Å². The minimum Gasteiger partial charge on any atom is -0.493 e. The maximum atomic E-state index is 13.7. The molecule has 1 aliphatic carbocycles. The zero-order chi connectivity index (χ0) is 24.9. The van der Waals surface area contributed by atoms with E-state index in [0.29, 0.717) is 54.4 Å². The van der Waals surface area contributed by atoms with Gasteiger partial charge >= 0.3 is 5.97 Å². The number of carbonyl (C=O) groups excluding carboxylic acids is 2. The van der Waals surface area contributed by atoms with E-state index in [0.717, 1.165) is 23.2 Å². The van der Waals surface area contributed by atoms with E-state index in [-0.39, 0.29) is 11.7 Å². The maximum Gasteiger partial charge on any atom is 0.336 e. The van der Waals surface area contributed by atoms with Gasteiger partial charge in [0.05, 0.1) is 25.9 Å². The van der Waals surface area contributed by atoms with Crippen molar-refractivity contribution in [2.24, 2.45) is 0 Å². The number of rotatable bonds is 8. The molecule has 0 amide bonds. The number of esters is 1. The molecule has 2 aromatic carbocycles. The lowest BCUT2D eigenvalue weighted by molar-refractivity contribution is -0.139. The molecule has 0 aromatic heterocycles. The summed E-state index contributed by atoms with van der Waals surface area (Å²) >= 11 is 0. The number of carbonyl (C=O) groups is 2. The number of hydrogen-bond acceptors (Lipinski definition) is 6. The molecular weight excluding hydrogens is 442 g/mol. The first-order chi connectivity index (χ1) is 17.0. The maximum absolute atomic E-state index is 13.7. The normalized spacial score (nSPS) is 19.7. The average molecular weight is 476 g/mol. The Hall–Kier alpha value is -3.54. The SMILES string of the molecule is CCCOC(=O)C1=C(C)NC2=C(C(=O)C[C@H](c3ccccc3)C2)[C@H]1c1ccc(OCC)c(OC)c1. The van der Waals surface area contributed by atoms with Crippen molar-refractivity contribution in [2.75, 3.05) is 20.3 Å². The molecule has 2 atom stereocenters. The molecule has 0 radical (unpaired) electrons. The van der Waals surface area contributed by atoms with Crippen LogP contribution in [0.5, 0.6) is 11.5 Å². The van der Waals surface area contributed by atoms with Crippen molar-refractivity contribution >= 4 is 11.8 Å². The van der Waals surface area contributed by atoms with Crippen LogP contribution in [0.1, 0.15) is 63.0 Å². The van der Waals surface area contributed by atoms with Crippen LogP contribution in [0.2, 0.25) is 0 Å². The van der Waals surface area contributed by atoms with Gasteiger partial charge in [-0.2, -0.15) is 0 Å². The van der Waals surface area contributed by atoms with Gasteiger partial charge in [0.25, 0.3) is 0 Å². The third-order valence-corrected chi connectivity index (χ3v) is 6.58. The number of ether oxygens (including phenoxy) is 3. The summed E-state index contributed by atoms with van der Waals surface area (Å²) in [6.07, 6.45) is 1.81. The molecule has 0 bridgehead atoms. The molecule has 0 saturated carbocycles. The van der Waals surface area contributed by atoms with E-state index in [1.807, 2.05) is 57.2 Å². The minimum atomic E-state index is -0.538. The van der Waals surface area contributed by atoms with Gasteiger partial charge in [0.1, 0.15) is 0 Å². The van der Waals surface area contributed by atoms with E-state index in [1.54, 1.807) is 7.11 Å². The second-order valence-electron chi connectivity index (χ2n) is 8.91. The first-order valence-corrected chi connectivity index (χ1v) is 12.2. The highest BCUT2D eigenvalue weighted by molar-refractivity contribution is 6.04. The fourth-order valence-electron chi connectivity index (χ4n) is 5.01. The summed E-state index contributed by atoms with van der Waals surface area (Å²) in [7, 11) is 1.59. The second kappa shape index (κ2) is 10.8. The smallest absolute Gasteiger partial charge is 0.336 e. The molecule has 1 heterocycles. The number of nitrogens with one attached hydrogen (secondary N) is 1. The van der Waals surface area contributed by atoms with Crippen molar-refractivity contribution in [3.8, 4) is 11.5 Å². The van der Waals surface area contributed by atoms with Crippen molar-refractivity contribution in [1.29, 1.82) is 0 Å². The molecule has 0 spiro atoms. The van der Waals surface area contributed by atoms with Gasteiger partial charge < -0.3 is 19.5 Å². The lowest BCUT2D eigenvalue weighted by atomic mass is 9.71. The van der Waals surface area contributed by atoms with Crippen LogP contribution in [0.15, 0.2) is 71.1 Å². The van der Waals surface area contributed by atoms with Crippen molar-refractivity contribution in [2.45, 2.75) is 51.9 Å². The van der Waals surface area contributed by atoms with Crippen LogP contribution in [0.3, 0.4) is 0 Å². The summed E-state index contributed by atoms with van der Waals surface area (Å²) in [6.45, 7) is 6.57. The Labute approximate surface area is 207 Å². The Morgan fingerprint density at radius 2 is 1.80 bits per heavy atom. The predicted octanol–water partition coefficient (Wildman–Crippen LogP) is 5.41.